The van der Waals surface area contributed by atoms with E-state index < -0.39 is 18.6 Å². The largest absolute Gasteiger partial charge is 0.483 e. The fraction of sp³-hybridized carbons (Fsp3) is 0.308. The van der Waals surface area contributed by atoms with Gasteiger partial charge in [-0.25, -0.2) is 13.8 Å². The Morgan fingerprint density at radius 1 is 1.20 bits per heavy atom. The van der Waals surface area contributed by atoms with E-state index in [2.05, 4.69) is 20.6 Å². The lowest BCUT2D eigenvalue weighted by atomic mass is 10.0. The lowest BCUT2D eigenvalue weighted by molar-refractivity contribution is -0.117. The maximum atomic E-state index is 14.1. The van der Waals surface area contributed by atoms with Gasteiger partial charge in [0.05, 0.1) is 12.1 Å². The summed E-state index contributed by atoms with van der Waals surface area (Å²) in [6, 6.07) is 14.2. The van der Waals surface area contributed by atoms with Crippen molar-refractivity contribution in [2.45, 2.75) is 30.8 Å². The topological polar surface area (TPSA) is 99.9 Å². The van der Waals surface area contributed by atoms with Gasteiger partial charge in [0.25, 0.3) is 5.92 Å². The summed E-state index contributed by atoms with van der Waals surface area (Å²) in [5, 5.41) is 15.1. The van der Waals surface area contributed by atoms with Crippen LogP contribution in [0.2, 0.25) is 0 Å². The summed E-state index contributed by atoms with van der Waals surface area (Å²) in [5.41, 5.74) is 2.62. The molecule has 178 valence electrons. The first-order chi connectivity index (χ1) is 16.9. The summed E-state index contributed by atoms with van der Waals surface area (Å²) in [6.45, 7) is -0.0252. The molecule has 1 saturated heterocycles. The molecular weight excluding hydrogens is 452 g/mol. The van der Waals surface area contributed by atoms with Crippen LogP contribution < -0.4 is 15.4 Å². The van der Waals surface area contributed by atoms with E-state index in [1.807, 2.05) is 18.2 Å². The predicted molar refractivity (Wildman–Crippen MR) is 125 cm³/mol. The van der Waals surface area contributed by atoms with Gasteiger partial charge in [0.2, 0.25) is 5.91 Å². The van der Waals surface area contributed by atoms with Crippen LogP contribution in [0, 0.1) is 17.2 Å². The zero-order valence-corrected chi connectivity index (χ0v) is 18.7. The molecule has 1 aliphatic carbocycles. The number of amides is 1. The fourth-order valence-electron chi connectivity index (χ4n) is 4.36. The molecule has 5 rings (SSSR count). The van der Waals surface area contributed by atoms with Gasteiger partial charge in [-0.2, -0.15) is 5.26 Å². The van der Waals surface area contributed by atoms with E-state index in [9.17, 15) is 18.8 Å². The Morgan fingerprint density at radius 2 is 2.06 bits per heavy atom. The Labute approximate surface area is 201 Å². The molecule has 0 spiro atoms. The average Bonchev–Trinajstić information content (AvgIpc) is 3.67. The minimum absolute atomic E-state index is 0.104. The molecule has 3 heterocycles. The van der Waals surface area contributed by atoms with Gasteiger partial charge in [-0.3, -0.25) is 9.78 Å². The Kier molecular flexibility index (Phi) is 6.14. The molecule has 35 heavy (non-hydrogen) atoms. The molecule has 3 atom stereocenters. The first-order valence-corrected chi connectivity index (χ1v) is 11.4. The van der Waals surface area contributed by atoms with Crippen LogP contribution in [0.4, 0.5) is 14.6 Å². The lowest BCUT2D eigenvalue weighted by Gasteiger charge is -2.32. The quantitative estimate of drug-likeness (QED) is 0.556. The summed E-state index contributed by atoms with van der Waals surface area (Å²) in [7, 11) is 0. The highest BCUT2D eigenvalue weighted by atomic mass is 19.3. The molecule has 2 aromatic heterocycles. The molecule has 2 N–H and O–H groups in total. The highest BCUT2D eigenvalue weighted by molar-refractivity contribution is 5.95. The number of nitrogens with zero attached hydrogens (tertiary/aromatic N) is 3. The molecule has 1 aliphatic heterocycles. The number of alkyl halides is 2. The zero-order chi connectivity index (χ0) is 24.4. The van der Waals surface area contributed by atoms with Gasteiger partial charge < -0.3 is 15.4 Å². The third kappa shape index (κ3) is 4.98. The van der Waals surface area contributed by atoms with Crippen LogP contribution in [0.5, 0.6) is 5.75 Å². The number of rotatable bonds is 6. The van der Waals surface area contributed by atoms with Crippen molar-refractivity contribution in [3.8, 4) is 22.9 Å². The van der Waals surface area contributed by atoms with E-state index >= 15 is 0 Å². The second-order valence-electron chi connectivity index (χ2n) is 8.81. The molecule has 9 heteroatoms. The van der Waals surface area contributed by atoms with E-state index in [0.717, 1.165) is 17.5 Å². The number of hydrogen-bond acceptors (Lipinski definition) is 6. The van der Waals surface area contributed by atoms with Crippen molar-refractivity contribution < 1.29 is 18.3 Å². The number of pyridine rings is 2. The van der Waals surface area contributed by atoms with Gasteiger partial charge in [-0.05, 0) is 65.9 Å². The van der Waals surface area contributed by atoms with Crippen LogP contribution in [-0.2, 0) is 4.79 Å². The molecule has 3 aromatic rings. The third-order valence-electron chi connectivity index (χ3n) is 6.37. The Balaban J connectivity index is 1.29. The maximum Gasteiger partial charge on any atom is 0.296 e. The van der Waals surface area contributed by atoms with E-state index in [4.69, 9.17) is 4.74 Å². The summed E-state index contributed by atoms with van der Waals surface area (Å²) in [4.78, 5) is 21.1. The third-order valence-corrected chi connectivity index (χ3v) is 6.37. The highest BCUT2D eigenvalue weighted by Crippen LogP contribution is 2.47. The standard InChI is InChI=1S/C26H23F2N5O2/c27-26(28)15-31-8-6-23(26)35-22-4-3-16(10-19(22)13-29)17-5-9-32-24(11-17)33-25(34)21-12-20(21)18-2-1-7-30-14-18/h1-5,7,9-11,14,20-21,23,31H,6,8,12,15H2,(H,32,33,34)/t20?,21?,23-/m0/s1. The van der Waals surface area contributed by atoms with Crippen molar-refractivity contribution in [1.29, 1.82) is 5.26 Å². The average molecular weight is 475 g/mol. The monoisotopic (exact) mass is 475 g/mol. The summed E-state index contributed by atoms with van der Waals surface area (Å²) < 4.78 is 33.9. The molecule has 1 aromatic carbocycles. The second-order valence-corrected chi connectivity index (χ2v) is 8.81. The van der Waals surface area contributed by atoms with Crippen LogP contribution in [0.25, 0.3) is 11.1 Å². The van der Waals surface area contributed by atoms with Crippen molar-refractivity contribution in [1.82, 2.24) is 15.3 Å². The van der Waals surface area contributed by atoms with Crippen LogP contribution in [0.1, 0.15) is 29.9 Å². The normalized spacial score (nSPS) is 22.6. The smallest absolute Gasteiger partial charge is 0.296 e. The Bertz CT molecular complexity index is 1280. The van der Waals surface area contributed by atoms with E-state index in [0.29, 0.717) is 17.9 Å². The number of nitrogens with one attached hydrogen (secondary N) is 2. The number of hydrogen-bond donors (Lipinski definition) is 2. The number of halogens is 2. The van der Waals surface area contributed by atoms with Gasteiger partial charge >= 0.3 is 0 Å². The van der Waals surface area contributed by atoms with Gasteiger partial charge in [0.15, 0.2) is 6.10 Å². The SMILES string of the molecule is N#Cc1cc(-c2ccnc(NC(=O)C3CC3c3cccnc3)c2)ccc1O[C@H]1CCNCC1(F)F. The molecule has 7 nitrogen and oxygen atoms in total. The summed E-state index contributed by atoms with van der Waals surface area (Å²) in [5.74, 6) is -2.56. The number of carbonyl (C=O) groups is 1. The lowest BCUT2D eigenvalue weighted by Crippen LogP contribution is -2.52. The van der Waals surface area contributed by atoms with Gasteiger partial charge in [0.1, 0.15) is 17.6 Å². The Hall–Kier alpha value is -3.90. The van der Waals surface area contributed by atoms with Crippen molar-refractivity contribution in [3.63, 3.8) is 0 Å². The number of benzene rings is 1. The fourth-order valence-corrected chi connectivity index (χ4v) is 4.36. The van der Waals surface area contributed by atoms with Gasteiger partial charge in [-0.15, -0.1) is 0 Å². The van der Waals surface area contributed by atoms with Gasteiger partial charge in [0, 0.05) is 30.9 Å². The van der Waals surface area contributed by atoms with Crippen molar-refractivity contribution in [3.05, 3.63) is 72.2 Å². The second kappa shape index (κ2) is 9.39. The number of nitriles is 1. The number of aromatic nitrogens is 2. The minimum Gasteiger partial charge on any atom is -0.483 e. The molecule has 1 amide bonds. The predicted octanol–water partition coefficient (Wildman–Crippen LogP) is 4.13. The summed E-state index contributed by atoms with van der Waals surface area (Å²) >= 11 is 0. The first kappa shape index (κ1) is 22.9. The Morgan fingerprint density at radius 3 is 2.83 bits per heavy atom. The first-order valence-electron chi connectivity index (χ1n) is 11.4. The zero-order valence-electron chi connectivity index (χ0n) is 18.7. The molecule has 0 radical (unpaired) electrons. The van der Waals surface area contributed by atoms with Crippen LogP contribution >= 0.6 is 0 Å². The number of anilines is 1. The number of ether oxygens (including phenoxy) is 1. The molecule has 2 aliphatic rings. The molecule has 1 saturated carbocycles. The molecule has 2 fully saturated rings. The highest BCUT2D eigenvalue weighted by Gasteiger charge is 2.44. The van der Waals surface area contributed by atoms with Crippen LogP contribution in [0.15, 0.2) is 61.1 Å². The summed E-state index contributed by atoms with van der Waals surface area (Å²) in [6.07, 6.45) is 4.68. The van der Waals surface area contributed by atoms with E-state index in [1.165, 1.54) is 6.07 Å². The van der Waals surface area contributed by atoms with Gasteiger partial charge in [-0.1, -0.05) is 12.1 Å². The molecular formula is C26H23F2N5O2. The van der Waals surface area contributed by atoms with E-state index in [-0.39, 0.29) is 35.5 Å². The van der Waals surface area contributed by atoms with E-state index in [1.54, 1.807) is 42.9 Å². The van der Waals surface area contributed by atoms with Crippen LogP contribution in [-0.4, -0.2) is 41.0 Å². The number of carbonyl (C=O) groups excluding carboxylic acids is 1. The van der Waals surface area contributed by atoms with Crippen molar-refractivity contribution in [2.75, 3.05) is 18.4 Å². The van der Waals surface area contributed by atoms with Crippen molar-refractivity contribution in [2.24, 2.45) is 5.92 Å². The number of piperidine rings is 1. The van der Waals surface area contributed by atoms with Crippen molar-refractivity contribution >= 4 is 11.7 Å². The van der Waals surface area contributed by atoms with Crippen LogP contribution in [0.3, 0.4) is 0 Å². The minimum atomic E-state index is -3.01. The molecule has 0 bridgehead atoms. The maximum absolute atomic E-state index is 14.1. The molecule has 2 unspecified atom stereocenters.